The Bertz CT molecular complexity index is 264. The van der Waals surface area contributed by atoms with Crippen LogP contribution in [0, 0.1) is 0 Å². The van der Waals surface area contributed by atoms with E-state index in [-0.39, 0.29) is 0 Å². The topological polar surface area (TPSA) is 15.3 Å². The van der Waals surface area contributed by atoms with Crippen LogP contribution in [0.3, 0.4) is 0 Å². The maximum atomic E-state index is 4.12. The second kappa shape index (κ2) is 8.17. The smallest absolute Gasteiger partial charge is 0.0367 e. The predicted octanol–water partition coefficient (Wildman–Crippen LogP) is 2.95. The summed E-state index contributed by atoms with van der Waals surface area (Å²) in [6.07, 6.45) is 2.96. The van der Waals surface area contributed by atoms with Gasteiger partial charge in [0.1, 0.15) is 0 Å². The quantitative estimate of drug-likeness (QED) is 0.790. The molecule has 1 heterocycles. The molecule has 0 unspecified atom stereocenters. The van der Waals surface area contributed by atoms with Crippen LogP contribution in [0.25, 0.3) is 0 Å². The van der Waals surface area contributed by atoms with Crippen molar-refractivity contribution in [1.82, 2.24) is 10.2 Å². The Labute approximate surface area is 101 Å². The first-order valence-electron chi connectivity index (χ1n) is 6.16. The molecular weight excluding hydrogens is 196 g/mol. The van der Waals surface area contributed by atoms with Gasteiger partial charge in [-0.1, -0.05) is 33.9 Å². The molecule has 1 aliphatic rings. The van der Waals surface area contributed by atoms with Crippen LogP contribution in [0.15, 0.2) is 36.1 Å². The normalized spacial score (nSPS) is 19.6. The second-order valence-electron chi connectivity index (χ2n) is 3.57. The van der Waals surface area contributed by atoms with E-state index in [2.05, 4.69) is 30.3 Å². The summed E-state index contributed by atoms with van der Waals surface area (Å²) in [6, 6.07) is 0. The molecular formula is C14H26N2. The third-order valence-corrected chi connectivity index (χ3v) is 2.77. The lowest BCUT2D eigenvalue weighted by Gasteiger charge is -2.30. The summed E-state index contributed by atoms with van der Waals surface area (Å²) >= 11 is 0. The summed E-state index contributed by atoms with van der Waals surface area (Å²) in [7, 11) is 1.93. The molecule has 2 nitrogen and oxygen atoms in total. The Morgan fingerprint density at radius 3 is 2.50 bits per heavy atom. The van der Waals surface area contributed by atoms with Gasteiger partial charge in [-0.2, -0.15) is 0 Å². The molecule has 0 radical (unpaired) electrons. The Hall–Kier alpha value is -1.02. The monoisotopic (exact) mass is 222 g/mol. The molecule has 16 heavy (non-hydrogen) atoms. The van der Waals surface area contributed by atoms with Gasteiger partial charge in [-0.15, -0.1) is 0 Å². The van der Waals surface area contributed by atoms with Crippen molar-refractivity contribution in [3.63, 3.8) is 0 Å². The summed E-state index contributed by atoms with van der Waals surface area (Å²) in [5.41, 5.74) is 3.69. The number of allylic oxidation sites excluding steroid dienone is 1. The fourth-order valence-electron chi connectivity index (χ4n) is 1.86. The minimum Gasteiger partial charge on any atom is -0.388 e. The number of likely N-dealkylation sites (tertiary alicyclic amines) is 1. The van der Waals surface area contributed by atoms with Crippen LogP contribution in [0.4, 0.5) is 0 Å². The van der Waals surface area contributed by atoms with Crippen LogP contribution in [0.1, 0.15) is 27.2 Å². The van der Waals surface area contributed by atoms with Crippen molar-refractivity contribution in [2.45, 2.75) is 27.2 Å². The summed E-state index contributed by atoms with van der Waals surface area (Å²) in [5, 5.41) is 3.17. The van der Waals surface area contributed by atoms with Crippen molar-refractivity contribution in [2.75, 3.05) is 26.7 Å². The average molecular weight is 222 g/mol. The Balaban J connectivity index is 0.00000106. The van der Waals surface area contributed by atoms with Crippen molar-refractivity contribution >= 4 is 0 Å². The second-order valence-corrected chi connectivity index (χ2v) is 3.57. The van der Waals surface area contributed by atoms with Gasteiger partial charge in [0, 0.05) is 25.8 Å². The number of hydrogen-bond donors (Lipinski definition) is 1. The third-order valence-electron chi connectivity index (χ3n) is 2.77. The molecule has 1 fully saturated rings. The summed E-state index contributed by atoms with van der Waals surface area (Å²) in [5.74, 6) is 0. The van der Waals surface area contributed by atoms with Gasteiger partial charge in [0.25, 0.3) is 0 Å². The van der Waals surface area contributed by atoms with Gasteiger partial charge in [0.05, 0.1) is 0 Å². The first-order valence-corrected chi connectivity index (χ1v) is 6.16. The third kappa shape index (κ3) is 3.86. The molecule has 1 rings (SSSR count). The van der Waals surface area contributed by atoms with E-state index >= 15 is 0 Å². The van der Waals surface area contributed by atoms with Crippen LogP contribution >= 0.6 is 0 Å². The molecule has 0 aromatic rings. The molecule has 1 N–H and O–H groups in total. The highest BCUT2D eigenvalue weighted by Crippen LogP contribution is 2.23. The first kappa shape index (κ1) is 15.0. The molecule has 0 spiro atoms. The molecule has 0 amide bonds. The molecule has 92 valence electrons. The van der Waals surface area contributed by atoms with E-state index in [0.717, 1.165) is 31.8 Å². The van der Waals surface area contributed by atoms with Crippen LogP contribution in [0.5, 0.6) is 0 Å². The molecule has 0 saturated carbocycles. The van der Waals surface area contributed by atoms with Gasteiger partial charge >= 0.3 is 0 Å². The number of nitrogens with zero attached hydrogens (tertiary/aromatic N) is 1. The van der Waals surface area contributed by atoms with E-state index in [1.54, 1.807) is 0 Å². The molecule has 0 aliphatic carbocycles. The number of likely N-dealkylation sites (N-methyl/N-ethyl adjacent to an activating group) is 2. The van der Waals surface area contributed by atoms with E-state index < -0.39 is 0 Å². The SMILES string of the molecule is C=C/C(NC)=C1/CCN(CC)CC1=C.CC. The molecule has 0 atom stereocenters. The summed E-state index contributed by atoms with van der Waals surface area (Å²) in [6.45, 7) is 17.3. The minimum absolute atomic E-state index is 0.991. The van der Waals surface area contributed by atoms with Gasteiger partial charge in [-0.25, -0.2) is 0 Å². The molecule has 1 saturated heterocycles. The fourth-order valence-corrected chi connectivity index (χ4v) is 1.86. The largest absolute Gasteiger partial charge is 0.388 e. The van der Waals surface area contributed by atoms with Gasteiger partial charge in [0.15, 0.2) is 0 Å². The van der Waals surface area contributed by atoms with E-state index in [0.29, 0.717) is 0 Å². The average Bonchev–Trinajstić information content (AvgIpc) is 2.35. The van der Waals surface area contributed by atoms with Crippen molar-refractivity contribution in [2.24, 2.45) is 0 Å². The molecule has 0 bridgehead atoms. The zero-order valence-corrected chi connectivity index (χ0v) is 11.3. The Morgan fingerprint density at radius 1 is 1.50 bits per heavy atom. The predicted molar refractivity (Wildman–Crippen MR) is 73.5 cm³/mol. The van der Waals surface area contributed by atoms with Crippen molar-refractivity contribution in [1.29, 1.82) is 0 Å². The van der Waals surface area contributed by atoms with Crippen molar-refractivity contribution in [3.05, 3.63) is 36.1 Å². The van der Waals surface area contributed by atoms with Gasteiger partial charge in [-0.05, 0) is 30.2 Å². The zero-order valence-electron chi connectivity index (χ0n) is 11.3. The van der Waals surface area contributed by atoms with Crippen LogP contribution in [-0.2, 0) is 0 Å². The highest BCUT2D eigenvalue weighted by molar-refractivity contribution is 5.39. The van der Waals surface area contributed by atoms with Gasteiger partial charge in [0.2, 0.25) is 0 Å². The standard InChI is InChI=1S/C12H20N2.C2H6/c1-5-12(13-4)11-7-8-14(6-2)9-10(11)3;1-2/h5,13H,1,3,6-9H2,2,4H3;1-2H3/b12-11+;. The van der Waals surface area contributed by atoms with Gasteiger partial charge in [-0.3, -0.25) is 4.90 Å². The van der Waals surface area contributed by atoms with Gasteiger partial charge < -0.3 is 5.32 Å². The lowest BCUT2D eigenvalue weighted by Crippen LogP contribution is -2.32. The number of rotatable bonds is 3. The highest BCUT2D eigenvalue weighted by atomic mass is 15.1. The van der Waals surface area contributed by atoms with E-state index in [9.17, 15) is 0 Å². The first-order chi connectivity index (χ1) is 7.72. The number of piperidine rings is 1. The van der Waals surface area contributed by atoms with Crippen LogP contribution in [-0.4, -0.2) is 31.6 Å². The maximum absolute atomic E-state index is 4.12. The summed E-state index contributed by atoms with van der Waals surface area (Å²) < 4.78 is 0. The van der Waals surface area contributed by atoms with Crippen LogP contribution < -0.4 is 5.32 Å². The zero-order chi connectivity index (χ0) is 12.6. The maximum Gasteiger partial charge on any atom is 0.0367 e. The van der Waals surface area contributed by atoms with E-state index in [1.807, 2.05) is 27.0 Å². The highest BCUT2D eigenvalue weighted by Gasteiger charge is 2.17. The van der Waals surface area contributed by atoms with E-state index in [1.165, 1.54) is 11.1 Å². The molecule has 1 aliphatic heterocycles. The van der Waals surface area contributed by atoms with Crippen molar-refractivity contribution in [3.8, 4) is 0 Å². The molecule has 2 heteroatoms. The van der Waals surface area contributed by atoms with E-state index in [4.69, 9.17) is 0 Å². The lowest BCUT2D eigenvalue weighted by molar-refractivity contribution is 0.300. The Morgan fingerprint density at radius 2 is 2.12 bits per heavy atom. The number of hydrogen-bond acceptors (Lipinski definition) is 2. The van der Waals surface area contributed by atoms with Crippen molar-refractivity contribution < 1.29 is 0 Å². The minimum atomic E-state index is 0.991. The lowest BCUT2D eigenvalue weighted by atomic mass is 9.97. The summed E-state index contributed by atoms with van der Waals surface area (Å²) in [4.78, 5) is 2.40. The fraction of sp³-hybridized carbons (Fsp3) is 0.571. The van der Waals surface area contributed by atoms with Crippen LogP contribution in [0.2, 0.25) is 0 Å². The number of nitrogens with one attached hydrogen (secondary N) is 1. The molecule has 0 aromatic heterocycles. The molecule has 0 aromatic carbocycles. The Kier molecular flexibility index (Phi) is 7.65.